The average molecular weight is 203 g/mol. The van der Waals surface area contributed by atoms with Gasteiger partial charge in [0, 0.05) is 11.8 Å². The number of nitrogens with one attached hydrogen (secondary N) is 1. The lowest BCUT2D eigenvalue weighted by Crippen LogP contribution is -1.92. The molecule has 0 spiro atoms. The number of rotatable bonds is 2. The third kappa shape index (κ3) is 1.61. The van der Waals surface area contributed by atoms with E-state index in [1.165, 1.54) is 0 Å². The first-order valence-corrected chi connectivity index (χ1v) is 4.59. The van der Waals surface area contributed by atoms with Crippen LogP contribution < -0.4 is 16.2 Å². The van der Waals surface area contributed by atoms with Gasteiger partial charge < -0.3 is 21.2 Å². The summed E-state index contributed by atoms with van der Waals surface area (Å²) >= 11 is 0. The molecule has 0 unspecified atom stereocenters. The van der Waals surface area contributed by atoms with Gasteiger partial charge in [-0.05, 0) is 17.7 Å². The maximum atomic E-state index is 5.82. The second-order valence-electron chi connectivity index (χ2n) is 3.26. The van der Waals surface area contributed by atoms with Crippen molar-refractivity contribution in [3.05, 3.63) is 30.5 Å². The van der Waals surface area contributed by atoms with Gasteiger partial charge in [0.05, 0.1) is 12.8 Å². The molecular formula is C11H13N3O. The molecule has 15 heavy (non-hydrogen) atoms. The Kier molecular flexibility index (Phi) is 2.25. The monoisotopic (exact) mass is 203 g/mol. The Morgan fingerprint density at radius 2 is 1.80 bits per heavy atom. The third-order valence-corrected chi connectivity index (χ3v) is 2.35. The van der Waals surface area contributed by atoms with Crippen LogP contribution in [0.15, 0.2) is 30.5 Å². The molecule has 0 saturated carbocycles. The summed E-state index contributed by atoms with van der Waals surface area (Å²) in [5.41, 5.74) is 14.0. The highest BCUT2D eigenvalue weighted by molar-refractivity contribution is 5.83. The number of nitrogen functional groups attached to an aromatic ring is 2. The minimum atomic E-state index is 0.501. The maximum Gasteiger partial charge on any atom is 0.124 e. The highest BCUT2D eigenvalue weighted by Gasteiger charge is 2.06. The Bertz CT molecular complexity index is 459. The zero-order valence-electron chi connectivity index (χ0n) is 8.45. The fraction of sp³-hybridized carbons (Fsp3) is 0.0909. The minimum absolute atomic E-state index is 0.501. The molecule has 0 fully saturated rings. The number of aromatic nitrogens is 1. The van der Waals surface area contributed by atoms with E-state index in [0.717, 1.165) is 16.9 Å². The van der Waals surface area contributed by atoms with Crippen molar-refractivity contribution in [2.75, 3.05) is 18.6 Å². The first kappa shape index (κ1) is 9.45. The topological polar surface area (TPSA) is 77.1 Å². The first-order chi connectivity index (χ1) is 7.22. The molecule has 0 radical (unpaired) electrons. The molecule has 2 rings (SSSR count). The summed E-state index contributed by atoms with van der Waals surface area (Å²) in [5.74, 6) is 1.32. The first-order valence-electron chi connectivity index (χ1n) is 4.59. The Hall–Kier alpha value is -2.10. The number of ether oxygens (including phenoxy) is 1. The van der Waals surface area contributed by atoms with Gasteiger partial charge in [0.25, 0.3) is 0 Å². The predicted octanol–water partition coefficient (Wildman–Crippen LogP) is 1.85. The van der Waals surface area contributed by atoms with Gasteiger partial charge in [-0.15, -0.1) is 0 Å². The van der Waals surface area contributed by atoms with Crippen molar-refractivity contribution in [3.8, 4) is 16.9 Å². The lowest BCUT2D eigenvalue weighted by Gasteiger charge is -2.02. The molecule has 1 aromatic heterocycles. The van der Waals surface area contributed by atoms with Gasteiger partial charge in [0.1, 0.15) is 11.6 Å². The van der Waals surface area contributed by atoms with Crippen molar-refractivity contribution in [2.24, 2.45) is 0 Å². The molecule has 78 valence electrons. The normalized spacial score (nSPS) is 10.2. The SMILES string of the molecule is COc1ccc(-c2c[nH]c(N)c2N)cc1. The summed E-state index contributed by atoms with van der Waals surface area (Å²) in [6.07, 6.45) is 1.80. The van der Waals surface area contributed by atoms with E-state index >= 15 is 0 Å². The van der Waals surface area contributed by atoms with Crippen molar-refractivity contribution in [1.29, 1.82) is 0 Å². The van der Waals surface area contributed by atoms with Gasteiger partial charge >= 0.3 is 0 Å². The largest absolute Gasteiger partial charge is 0.497 e. The second-order valence-corrected chi connectivity index (χ2v) is 3.26. The smallest absolute Gasteiger partial charge is 0.124 e. The van der Waals surface area contributed by atoms with Crippen LogP contribution in [0.25, 0.3) is 11.1 Å². The zero-order valence-corrected chi connectivity index (χ0v) is 8.45. The fourth-order valence-electron chi connectivity index (χ4n) is 1.46. The summed E-state index contributed by atoms with van der Waals surface area (Å²) in [5, 5.41) is 0. The van der Waals surface area contributed by atoms with Crippen LogP contribution in [0.2, 0.25) is 0 Å². The van der Waals surface area contributed by atoms with Crippen molar-refractivity contribution in [1.82, 2.24) is 4.98 Å². The summed E-state index contributed by atoms with van der Waals surface area (Å²) in [6.45, 7) is 0. The number of methoxy groups -OCH3 is 1. The summed E-state index contributed by atoms with van der Waals surface area (Å²) in [7, 11) is 1.64. The van der Waals surface area contributed by atoms with E-state index < -0.39 is 0 Å². The average Bonchev–Trinajstić information content (AvgIpc) is 2.60. The van der Waals surface area contributed by atoms with Crippen LogP contribution in [0.1, 0.15) is 0 Å². The number of H-pyrrole nitrogens is 1. The molecule has 0 atom stereocenters. The van der Waals surface area contributed by atoms with Crippen LogP contribution in [-0.4, -0.2) is 12.1 Å². The summed E-state index contributed by atoms with van der Waals surface area (Å²) < 4.78 is 5.08. The molecular weight excluding hydrogens is 190 g/mol. The van der Waals surface area contributed by atoms with Crippen LogP contribution in [0.5, 0.6) is 5.75 Å². The molecule has 2 aromatic rings. The summed E-state index contributed by atoms with van der Waals surface area (Å²) in [4.78, 5) is 2.89. The Labute approximate surface area is 87.9 Å². The lowest BCUT2D eigenvalue weighted by molar-refractivity contribution is 0.415. The highest BCUT2D eigenvalue weighted by atomic mass is 16.5. The number of benzene rings is 1. The van der Waals surface area contributed by atoms with Gasteiger partial charge in [0.2, 0.25) is 0 Å². The van der Waals surface area contributed by atoms with Crippen molar-refractivity contribution < 1.29 is 4.74 Å². The number of nitrogens with two attached hydrogens (primary N) is 2. The predicted molar refractivity (Wildman–Crippen MR) is 61.6 cm³/mol. The Morgan fingerprint density at radius 1 is 1.13 bits per heavy atom. The molecule has 1 heterocycles. The number of anilines is 2. The van der Waals surface area contributed by atoms with Crippen molar-refractivity contribution in [3.63, 3.8) is 0 Å². The second kappa shape index (κ2) is 3.57. The minimum Gasteiger partial charge on any atom is -0.497 e. The molecule has 4 nitrogen and oxygen atoms in total. The van der Waals surface area contributed by atoms with Gasteiger partial charge in [-0.3, -0.25) is 0 Å². The molecule has 0 bridgehead atoms. The van der Waals surface area contributed by atoms with Gasteiger partial charge in [-0.2, -0.15) is 0 Å². The number of hydrogen-bond donors (Lipinski definition) is 3. The molecule has 0 amide bonds. The lowest BCUT2D eigenvalue weighted by atomic mass is 10.1. The zero-order chi connectivity index (χ0) is 10.8. The van der Waals surface area contributed by atoms with Gasteiger partial charge in [0.15, 0.2) is 0 Å². The Morgan fingerprint density at radius 3 is 2.27 bits per heavy atom. The third-order valence-electron chi connectivity index (χ3n) is 2.35. The maximum absolute atomic E-state index is 5.82. The molecule has 5 N–H and O–H groups in total. The molecule has 4 heteroatoms. The fourth-order valence-corrected chi connectivity index (χ4v) is 1.46. The van der Waals surface area contributed by atoms with E-state index in [0.29, 0.717) is 11.5 Å². The van der Waals surface area contributed by atoms with Crippen LogP contribution in [0.4, 0.5) is 11.5 Å². The molecule has 0 aliphatic carbocycles. The van der Waals surface area contributed by atoms with Crippen molar-refractivity contribution >= 4 is 11.5 Å². The van der Waals surface area contributed by atoms with Crippen LogP contribution in [-0.2, 0) is 0 Å². The summed E-state index contributed by atoms with van der Waals surface area (Å²) in [6, 6.07) is 7.66. The molecule has 0 aliphatic rings. The van der Waals surface area contributed by atoms with E-state index in [1.807, 2.05) is 24.3 Å². The van der Waals surface area contributed by atoms with Gasteiger partial charge in [-0.1, -0.05) is 12.1 Å². The van der Waals surface area contributed by atoms with E-state index in [1.54, 1.807) is 13.3 Å². The highest BCUT2D eigenvalue weighted by Crippen LogP contribution is 2.30. The van der Waals surface area contributed by atoms with E-state index in [4.69, 9.17) is 16.2 Å². The van der Waals surface area contributed by atoms with Crippen LogP contribution in [0.3, 0.4) is 0 Å². The number of aromatic amines is 1. The number of hydrogen-bond acceptors (Lipinski definition) is 3. The van der Waals surface area contributed by atoms with E-state index in [9.17, 15) is 0 Å². The van der Waals surface area contributed by atoms with E-state index in [-0.39, 0.29) is 0 Å². The Balaban J connectivity index is 2.41. The molecule has 0 aliphatic heterocycles. The van der Waals surface area contributed by atoms with E-state index in [2.05, 4.69) is 4.98 Å². The van der Waals surface area contributed by atoms with Gasteiger partial charge in [-0.25, -0.2) is 0 Å². The standard InChI is InChI=1S/C11H13N3O/c1-15-8-4-2-7(3-5-8)9-6-14-11(13)10(9)12/h2-6,14H,12-13H2,1H3. The molecule has 1 aromatic carbocycles. The molecule has 0 saturated heterocycles. The van der Waals surface area contributed by atoms with Crippen LogP contribution in [0, 0.1) is 0 Å². The quantitative estimate of drug-likeness (QED) is 0.697. The van der Waals surface area contributed by atoms with Crippen molar-refractivity contribution in [2.45, 2.75) is 0 Å². The van der Waals surface area contributed by atoms with Crippen LogP contribution >= 0.6 is 0 Å².